The number of hydrogen-bond donors (Lipinski definition) is 1. The van der Waals surface area contributed by atoms with E-state index in [0.717, 1.165) is 11.4 Å². The minimum absolute atomic E-state index is 0.0508. The molecule has 0 aliphatic carbocycles. The van der Waals surface area contributed by atoms with E-state index in [1.165, 1.54) is 12.1 Å². The molecule has 0 aromatic carbocycles. The Morgan fingerprint density at radius 2 is 1.50 bits per heavy atom. The summed E-state index contributed by atoms with van der Waals surface area (Å²) in [5.41, 5.74) is -0.0815. The number of aliphatic carboxylic acids is 1. The first kappa shape index (κ1) is 14.5. The summed E-state index contributed by atoms with van der Waals surface area (Å²) in [5.74, 6) is -0.856. The van der Waals surface area contributed by atoms with Crippen LogP contribution in [-0.4, -0.2) is 15.6 Å². The standard InChI is InChI=1S/C14H21NO3/c1-9-7-11(16)8-10(2)15(9)14(5,6)13(3,4)12(17)18/h7-8H,1-6H3,(H,17,18). The zero-order valence-corrected chi connectivity index (χ0v) is 11.9. The molecule has 0 unspecified atom stereocenters. The van der Waals surface area contributed by atoms with Crippen LogP contribution in [0, 0.1) is 19.3 Å². The molecule has 0 aliphatic heterocycles. The maximum absolute atomic E-state index is 11.5. The van der Waals surface area contributed by atoms with Crippen molar-refractivity contribution >= 4 is 5.97 Å². The van der Waals surface area contributed by atoms with Crippen LogP contribution in [0.5, 0.6) is 0 Å². The molecule has 1 aromatic heterocycles. The van der Waals surface area contributed by atoms with Crippen LogP contribution in [0.15, 0.2) is 16.9 Å². The minimum Gasteiger partial charge on any atom is -0.481 e. The summed E-state index contributed by atoms with van der Waals surface area (Å²) < 4.78 is 1.92. The molecule has 0 radical (unpaired) electrons. The summed E-state index contributed by atoms with van der Waals surface area (Å²) in [6, 6.07) is 3.07. The molecule has 18 heavy (non-hydrogen) atoms. The zero-order chi connectivity index (χ0) is 14.3. The van der Waals surface area contributed by atoms with Crippen molar-refractivity contribution < 1.29 is 9.90 Å². The Labute approximate surface area is 107 Å². The number of carbonyl (C=O) groups is 1. The number of carboxylic acid groups (broad SMARTS) is 1. The fraction of sp³-hybridized carbons (Fsp3) is 0.571. The highest BCUT2D eigenvalue weighted by Gasteiger charge is 2.45. The molecule has 0 saturated heterocycles. The van der Waals surface area contributed by atoms with E-state index in [1.54, 1.807) is 13.8 Å². The van der Waals surface area contributed by atoms with Crippen molar-refractivity contribution in [3.05, 3.63) is 33.7 Å². The second kappa shape index (κ2) is 4.26. The van der Waals surface area contributed by atoms with Crippen LogP contribution in [0.3, 0.4) is 0 Å². The number of hydrogen-bond acceptors (Lipinski definition) is 2. The van der Waals surface area contributed by atoms with E-state index in [-0.39, 0.29) is 5.43 Å². The van der Waals surface area contributed by atoms with Gasteiger partial charge in [0.25, 0.3) is 0 Å². The maximum Gasteiger partial charge on any atom is 0.311 e. The summed E-state index contributed by atoms with van der Waals surface area (Å²) in [4.78, 5) is 22.9. The molecule has 0 fully saturated rings. The van der Waals surface area contributed by atoms with E-state index in [1.807, 2.05) is 32.3 Å². The molecule has 1 heterocycles. The van der Waals surface area contributed by atoms with E-state index < -0.39 is 16.9 Å². The smallest absolute Gasteiger partial charge is 0.311 e. The van der Waals surface area contributed by atoms with Crippen molar-refractivity contribution in [3.8, 4) is 0 Å². The summed E-state index contributed by atoms with van der Waals surface area (Å²) in [6.45, 7) is 10.8. The number of aromatic nitrogens is 1. The fourth-order valence-electron chi connectivity index (χ4n) is 2.28. The van der Waals surface area contributed by atoms with Gasteiger partial charge in [0.1, 0.15) is 0 Å². The molecule has 0 bridgehead atoms. The first-order valence-electron chi connectivity index (χ1n) is 5.96. The third-order valence-corrected chi connectivity index (χ3v) is 4.03. The number of nitrogens with zero attached hydrogens (tertiary/aromatic N) is 1. The largest absolute Gasteiger partial charge is 0.481 e. The third kappa shape index (κ3) is 2.07. The molecule has 4 heteroatoms. The van der Waals surface area contributed by atoms with Gasteiger partial charge in [0, 0.05) is 23.5 Å². The highest BCUT2D eigenvalue weighted by molar-refractivity contribution is 5.75. The zero-order valence-electron chi connectivity index (χ0n) is 11.9. The SMILES string of the molecule is Cc1cc(=O)cc(C)n1C(C)(C)C(C)(C)C(=O)O. The van der Waals surface area contributed by atoms with Crippen molar-refractivity contribution in [3.63, 3.8) is 0 Å². The van der Waals surface area contributed by atoms with Gasteiger partial charge >= 0.3 is 5.97 Å². The van der Waals surface area contributed by atoms with Crippen molar-refractivity contribution in [1.29, 1.82) is 0 Å². The van der Waals surface area contributed by atoms with Gasteiger partial charge in [-0.05, 0) is 41.5 Å². The molecule has 1 N–H and O–H groups in total. The molecule has 0 spiro atoms. The molecule has 100 valence electrons. The molecular formula is C14H21NO3. The summed E-state index contributed by atoms with van der Waals surface area (Å²) in [7, 11) is 0. The van der Waals surface area contributed by atoms with Crippen molar-refractivity contribution in [2.24, 2.45) is 5.41 Å². The first-order chi connectivity index (χ1) is 8.01. The summed E-state index contributed by atoms with van der Waals surface area (Å²) in [6.07, 6.45) is 0. The summed E-state index contributed by atoms with van der Waals surface area (Å²) in [5, 5.41) is 9.40. The van der Waals surface area contributed by atoms with E-state index in [9.17, 15) is 14.7 Å². The Kier molecular flexibility index (Phi) is 3.43. The highest BCUT2D eigenvalue weighted by atomic mass is 16.4. The summed E-state index contributed by atoms with van der Waals surface area (Å²) >= 11 is 0. The van der Waals surface area contributed by atoms with Crippen molar-refractivity contribution in [2.45, 2.75) is 47.1 Å². The predicted molar refractivity (Wildman–Crippen MR) is 70.9 cm³/mol. The van der Waals surface area contributed by atoms with E-state index in [2.05, 4.69) is 0 Å². The predicted octanol–water partition coefficient (Wildman–Crippen LogP) is 2.31. The molecule has 0 amide bonds. The lowest BCUT2D eigenvalue weighted by Crippen LogP contribution is -2.48. The Morgan fingerprint density at radius 1 is 1.11 bits per heavy atom. The van der Waals surface area contributed by atoms with Gasteiger partial charge in [-0.3, -0.25) is 9.59 Å². The normalized spacial score (nSPS) is 12.6. The quantitative estimate of drug-likeness (QED) is 0.896. The number of aryl methyl sites for hydroxylation is 2. The molecule has 4 nitrogen and oxygen atoms in total. The highest BCUT2D eigenvalue weighted by Crippen LogP contribution is 2.38. The van der Waals surface area contributed by atoms with Crippen LogP contribution in [0.1, 0.15) is 39.1 Å². The average Bonchev–Trinajstić information content (AvgIpc) is 2.14. The van der Waals surface area contributed by atoms with Crippen LogP contribution in [0.4, 0.5) is 0 Å². The van der Waals surface area contributed by atoms with Gasteiger partial charge in [-0.25, -0.2) is 0 Å². The lowest BCUT2D eigenvalue weighted by molar-refractivity contribution is -0.153. The van der Waals surface area contributed by atoms with Crippen LogP contribution < -0.4 is 5.43 Å². The van der Waals surface area contributed by atoms with Gasteiger partial charge < -0.3 is 9.67 Å². The Bertz CT molecular complexity index is 512. The number of pyridine rings is 1. The number of rotatable bonds is 3. The van der Waals surface area contributed by atoms with E-state index in [4.69, 9.17) is 0 Å². The van der Waals surface area contributed by atoms with E-state index >= 15 is 0 Å². The Balaban J connectivity index is 3.56. The molecular weight excluding hydrogens is 230 g/mol. The van der Waals surface area contributed by atoms with Gasteiger partial charge in [-0.2, -0.15) is 0 Å². The molecule has 0 saturated carbocycles. The van der Waals surface area contributed by atoms with Crippen LogP contribution in [0.2, 0.25) is 0 Å². The van der Waals surface area contributed by atoms with Gasteiger partial charge in [0.05, 0.1) is 11.0 Å². The second-order valence-electron chi connectivity index (χ2n) is 5.80. The second-order valence-corrected chi connectivity index (χ2v) is 5.80. The van der Waals surface area contributed by atoms with Crippen LogP contribution >= 0.6 is 0 Å². The number of carboxylic acids is 1. The minimum atomic E-state index is -0.947. The van der Waals surface area contributed by atoms with Gasteiger partial charge in [-0.15, -0.1) is 0 Å². The first-order valence-corrected chi connectivity index (χ1v) is 5.96. The molecule has 0 aliphatic rings. The maximum atomic E-state index is 11.5. The molecule has 0 atom stereocenters. The van der Waals surface area contributed by atoms with Crippen LogP contribution in [0.25, 0.3) is 0 Å². The van der Waals surface area contributed by atoms with Crippen LogP contribution in [-0.2, 0) is 10.3 Å². The lowest BCUT2D eigenvalue weighted by atomic mass is 9.73. The Morgan fingerprint density at radius 3 is 1.83 bits per heavy atom. The third-order valence-electron chi connectivity index (χ3n) is 4.03. The van der Waals surface area contributed by atoms with Gasteiger partial charge in [0.15, 0.2) is 5.43 Å². The monoisotopic (exact) mass is 251 g/mol. The lowest BCUT2D eigenvalue weighted by Gasteiger charge is -2.42. The van der Waals surface area contributed by atoms with E-state index in [0.29, 0.717) is 0 Å². The van der Waals surface area contributed by atoms with Crippen molar-refractivity contribution in [2.75, 3.05) is 0 Å². The van der Waals surface area contributed by atoms with Crippen molar-refractivity contribution in [1.82, 2.24) is 4.57 Å². The topological polar surface area (TPSA) is 59.3 Å². The van der Waals surface area contributed by atoms with Gasteiger partial charge in [0.2, 0.25) is 0 Å². The molecule has 1 aromatic rings. The molecule has 1 rings (SSSR count). The fourth-order valence-corrected chi connectivity index (χ4v) is 2.28. The van der Waals surface area contributed by atoms with Gasteiger partial charge in [-0.1, -0.05) is 0 Å². The average molecular weight is 251 g/mol. The Hall–Kier alpha value is -1.58.